The molecule has 6 nitrogen and oxygen atoms in total. The van der Waals surface area contributed by atoms with Crippen molar-refractivity contribution >= 4 is 11.7 Å². The molecule has 0 bridgehead atoms. The van der Waals surface area contributed by atoms with Crippen LogP contribution < -0.4 is 10.9 Å². The van der Waals surface area contributed by atoms with E-state index in [1.807, 2.05) is 17.0 Å². The smallest absolute Gasteiger partial charge is 0.252 e. The molecule has 0 atom stereocenters. The fraction of sp³-hybridized carbons (Fsp3) is 0.538. The molecule has 0 saturated heterocycles. The van der Waals surface area contributed by atoms with E-state index in [2.05, 4.69) is 15.8 Å². The molecule has 0 aromatic carbocycles. The highest BCUT2D eigenvalue weighted by Crippen LogP contribution is 2.24. The lowest BCUT2D eigenvalue weighted by atomic mass is 9.91. The van der Waals surface area contributed by atoms with Gasteiger partial charge >= 0.3 is 0 Å². The van der Waals surface area contributed by atoms with Gasteiger partial charge in [-0.3, -0.25) is 20.5 Å². The molecule has 0 spiro atoms. The Hall–Kier alpha value is -1.66. The lowest BCUT2D eigenvalue weighted by Crippen LogP contribution is -2.48. The van der Waals surface area contributed by atoms with Crippen LogP contribution in [-0.4, -0.2) is 46.6 Å². The zero-order valence-corrected chi connectivity index (χ0v) is 10.9. The van der Waals surface area contributed by atoms with E-state index in [9.17, 15) is 4.79 Å². The quantitative estimate of drug-likeness (QED) is 0.620. The highest BCUT2D eigenvalue weighted by atomic mass is 16.3. The molecule has 1 saturated carbocycles. The minimum Gasteiger partial charge on any atom is -0.395 e. The van der Waals surface area contributed by atoms with Crippen molar-refractivity contribution in [1.82, 2.24) is 15.3 Å². The molecule has 3 N–H and O–H groups in total. The molecule has 1 aromatic heterocycles. The maximum absolute atomic E-state index is 11.8. The number of amides is 1. The third-order valence-corrected chi connectivity index (χ3v) is 3.32. The lowest BCUT2D eigenvalue weighted by molar-refractivity contribution is -0.122. The summed E-state index contributed by atoms with van der Waals surface area (Å²) < 4.78 is 0. The number of nitrogens with one attached hydrogen (secondary N) is 2. The molecule has 0 unspecified atom stereocenters. The summed E-state index contributed by atoms with van der Waals surface area (Å²) in [6.45, 7) is 0.921. The molecule has 6 heteroatoms. The van der Waals surface area contributed by atoms with Crippen LogP contribution in [0.3, 0.4) is 0 Å². The van der Waals surface area contributed by atoms with E-state index in [1.165, 1.54) is 6.42 Å². The summed E-state index contributed by atoms with van der Waals surface area (Å²) in [7, 11) is 0. The molecule has 1 amide bonds. The van der Waals surface area contributed by atoms with Crippen molar-refractivity contribution in [2.45, 2.75) is 25.3 Å². The predicted octanol–water partition coefficient (Wildman–Crippen LogP) is 0.371. The monoisotopic (exact) mass is 264 g/mol. The number of anilines is 1. The number of rotatable bonds is 7. The zero-order chi connectivity index (χ0) is 13.5. The molecule has 1 aliphatic rings. The van der Waals surface area contributed by atoms with Crippen molar-refractivity contribution in [1.29, 1.82) is 0 Å². The molecular formula is C13H20N4O2. The van der Waals surface area contributed by atoms with Crippen LogP contribution in [-0.2, 0) is 4.79 Å². The minimum absolute atomic E-state index is 0.0808. The Morgan fingerprint density at radius 3 is 2.89 bits per heavy atom. The molecule has 1 fully saturated rings. The van der Waals surface area contributed by atoms with E-state index in [0.717, 1.165) is 12.8 Å². The van der Waals surface area contributed by atoms with Crippen LogP contribution in [0.4, 0.5) is 5.82 Å². The van der Waals surface area contributed by atoms with E-state index in [0.29, 0.717) is 24.9 Å². The Balaban J connectivity index is 1.75. The van der Waals surface area contributed by atoms with Gasteiger partial charge in [0.15, 0.2) is 0 Å². The van der Waals surface area contributed by atoms with E-state index >= 15 is 0 Å². The van der Waals surface area contributed by atoms with Crippen LogP contribution in [0.5, 0.6) is 0 Å². The summed E-state index contributed by atoms with van der Waals surface area (Å²) in [6, 6.07) is 5.87. The van der Waals surface area contributed by atoms with Gasteiger partial charge in [0.1, 0.15) is 5.82 Å². The van der Waals surface area contributed by atoms with Gasteiger partial charge in [-0.1, -0.05) is 12.5 Å². The molecule has 2 rings (SSSR count). The Morgan fingerprint density at radius 1 is 1.47 bits per heavy atom. The topological polar surface area (TPSA) is 77.5 Å². The number of aliphatic hydroxyl groups is 1. The van der Waals surface area contributed by atoms with Gasteiger partial charge in [-0.25, -0.2) is 4.98 Å². The highest BCUT2D eigenvalue weighted by Gasteiger charge is 2.25. The average molecular weight is 264 g/mol. The van der Waals surface area contributed by atoms with Crippen molar-refractivity contribution in [2.75, 3.05) is 25.1 Å². The first kappa shape index (κ1) is 13.8. The molecule has 1 aromatic rings. The van der Waals surface area contributed by atoms with Gasteiger partial charge in [-0.05, 0) is 25.0 Å². The highest BCUT2D eigenvalue weighted by molar-refractivity contribution is 5.79. The van der Waals surface area contributed by atoms with Crippen LogP contribution in [0.2, 0.25) is 0 Å². The molecular weight excluding hydrogens is 244 g/mol. The van der Waals surface area contributed by atoms with Crippen molar-refractivity contribution in [3.63, 3.8) is 0 Å². The van der Waals surface area contributed by atoms with Gasteiger partial charge in [0, 0.05) is 18.8 Å². The summed E-state index contributed by atoms with van der Waals surface area (Å²) in [5.41, 5.74) is 5.38. The molecule has 0 aliphatic heterocycles. The fourth-order valence-corrected chi connectivity index (χ4v) is 2.07. The Bertz CT molecular complexity index is 395. The third kappa shape index (κ3) is 4.18. The Labute approximate surface area is 112 Å². The number of pyridine rings is 1. The van der Waals surface area contributed by atoms with Gasteiger partial charge in [-0.2, -0.15) is 0 Å². The van der Waals surface area contributed by atoms with E-state index in [4.69, 9.17) is 5.11 Å². The summed E-state index contributed by atoms with van der Waals surface area (Å²) in [4.78, 5) is 17.9. The largest absolute Gasteiger partial charge is 0.395 e. The minimum atomic E-state index is -0.119. The molecule has 1 aliphatic carbocycles. The van der Waals surface area contributed by atoms with Crippen molar-refractivity contribution in [3.8, 4) is 0 Å². The van der Waals surface area contributed by atoms with Crippen LogP contribution >= 0.6 is 0 Å². The normalized spacial score (nSPS) is 15.1. The van der Waals surface area contributed by atoms with Crippen LogP contribution in [0.1, 0.15) is 19.3 Å². The maximum atomic E-state index is 11.8. The van der Waals surface area contributed by atoms with Crippen molar-refractivity contribution in [2.24, 2.45) is 0 Å². The predicted molar refractivity (Wildman–Crippen MR) is 72.3 cm³/mol. The van der Waals surface area contributed by atoms with Crippen LogP contribution in [0.15, 0.2) is 24.4 Å². The second kappa shape index (κ2) is 7.06. The summed E-state index contributed by atoms with van der Waals surface area (Å²) in [5, 5.41) is 9.03. The Morgan fingerprint density at radius 2 is 2.32 bits per heavy atom. The van der Waals surface area contributed by atoms with Gasteiger partial charge < -0.3 is 5.11 Å². The SMILES string of the molecule is O=C(CN(CCO)C1CCC1)NNc1ccccn1. The number of hydrogen-bond donors (Lipinski definition) is 3. The average Bonchev–Trinajstić information content (AvgIpc) is 2.36. The van der Waals surface area contributed by atoms with E-state index in [1.54, 1.807) is 12.3 Å². The molecule has 0 radical (unpaired) electrons. The van der Waals surface area contributed by atoms with E-state index < -0.39 is 0 Å². The maximum Gasteiger partial charge on any atom is 0.252 e. The van der Waals surface area contributed by atoms with Crippen molar-refractivity contribution in [3.05, 3.63) is 24.4 Å². The van der Waals surface area contributed by atoms with Crippen LogP contribution in [0, 0.1) is 0 Å². The van der Waals surface area contributed by atoms with Crippen molar-refractivity contribution < 1.29 is 9.90 Å². The summed E-state index contributed by atoms with van der Waals surface area (Å²) in [5.74, 6) is 0.485. The molecule has 19 heavy (non-hydrogen) atoms. The van der Waals surface area contributed by atoms with E-state index in [-0.39, 0.29) is 12.5 Å². The van der Waals surface area contributed by atoms with Gasteiger partial charge in [0.25, 0.3) is 5.91 Å². The standard InChI is InChI=1S/C13H20N4O2/c18-9-8-17(11-4-3-5-11)10-13(19)16-15-12-6-1-2-7-14-12/h1-2,6-7,11,18H,3-5,8-10H2,(H,14,15)(H,16,19). The second-order valence-corrected chi connectivity index (χ2v) is 4.67. The number of nitrogens with zero attached hydrogens (tertiary/aromatic N) is 2. The number of hydrogen-bond acceptors (Lipinski definition) is 5. The summed E-state index contributed by atoms with van der Waals surface area (Å²) in [6.07, 6.45) is 5.09. The molecule has 1 heterocycles. The van der Waals surface area contributed by atoms with Gasteiger partial charge in [0.2, 0.25) is 0 Å². The number of carbonyl (C=O) groups is 1. The number of aromatic nitrogens is 1. The molecule has 104 valence electrons. The van der Waals surface area contributed by atoms with Crippen LogP contribution in [0.25, 0.3) is 0 Å². The second-order valence-electron chi connectivity index (χ2n) is 4.67. The number of hydrazine groups is 1. The fourth-order valence-electron chi connectivity index (χ4n) is 2.07. The van der Waals surface area contributed by atoms with Gasteiger partial charge in [-0.15, -0.1) is 0 Å². The first-order valence-electron chi connectivity index (χ1n) is 6.60. The zero-order valence-electron chi connectivity index (χ0n) is 10.9. The lowest BCUT2D eigenvalue weighted by Gasteiger charge is -2.36. The first-order chi connectivity index (χ1) is 9.29. The third-order valence-electron chi connectivity index (χ3n) is 3.32. The summed E-state index contributed by atoms with van der Waals surface area (Å²) >= 11 is 0. The van der Waals surface area contributed by atoms with Gasteiger partial charge in [0.05, 0.1) is 13.2 Å². The number of carbonyl (C=O) groups excluding carboxylic acids is 1. The first-order valence-corrected chi connectivity index (χ1v) is 6.60. The number of aliphatic hydroxyl groups excluding tert-OH is 1. The Kier molecular flexibility index (Phi) is 5.11.